The summed E-state index contributed by atoms with van der Waals surface area (Å²) >= 11 is 1.54. The Morgan fingerprint density at radius 1 is 0.949 bits per heavy atom. The Labute approximate surface area is 230 Å². The van der Waals surface area contributed by atoms with Crippen LogP contribution < -0.4 is 20.1 Å². The second-order valence-electron chi connectivity index (χ2n) is 9.38. The first-order chi connectivity index (χ1) is 19.1. The zero-order chi connectivity index (χ0) is 26.8. The van der Waals surface area contributed by atoms with Gasteiger partial charge in [0.1, 0.15) is 6.61 Å². The molecule has 0 bridgehead atoms. The van der Waals surface area contributed by atoms with Crippen molar-refractivity contribution in [3.05, 3.63) is 100 Å². The fourth-order valence-electron chi connectivity index (χ4n) is 4.58. The van der Waals surface area contributed by atoms with E-state index >= 15 is 0 Å². The second kappa shape index (κ2) is 10.6. The fourth-order valence-corrected chi connectivity index (χ4v) is 5.12. The average molecular weight is 538 g/mol. The molecule has 0 unspecified atom stereocenters. The lowest BCUT2D eigenvalue weighted by molar-refractivity contribution is 0.102. The van der Waals surface area contributed by atoms with Crippen molar-refractivity contribution in [1.82, 2.24) is 14.8 Å². The molecule has 1 aliphatic rings. The van der Waals surface area contributed by atoms with Gasteiger partial charge in [-0.2, -0.15) is 5.10 Å². The molecular formula is C30H27N5O3S. The lowest BCUT2D eigenvalue weighted by atomic mass is 10.0. The Morgan fingerprint density at radius 3 is 2.62 bits per heavy atom. The monoisotopic (exact) mass is 537 g/mol. The van der Waals surface area contributed by atoms with Crippen LogP contribution in [0.4, 0.5) is 17.1 Å². The number of carbonyl (C=O) groups is 1. The molecule has 0 aliphatic carbocycles. The van der Waals surface area contributed by atoms with E-state index in [4.69, 9.17) is 9.47 Å². The van der Waals surface area contributed by atoms with Crippen LogP contribution >= 0.6 is 11.3 Å². The van der Waals surface area contributed by atoms with Crippen molar-refractivity contribution in [1.29, 1.82) is 0 Å². The van der Waals surface area contributed by atoms with Gasteiger partial charge in [-0.3, -0.25) is 9.48 Å². The van der Waals surface area contributed by atoms with Crippen LogP contribution in [0.1, 0.15) is 27.2 Å². The van der Waals surface area contributed by atoms with Crippen LogP contribution in [0.25, 0.3) is 11.1 Å². The number of rotatable bonds is 8. The zero-order valence-electron chi connectivity index (χ0n) is 21.6. The highest BCUT2D eigenvalue weighted by atomic mass is 32.1. The zero-order valence-corrected chi connectivity index (χ0v) is 22.4. The summed E-state index contributed by atoms with van der Waals surface area (Å²) in [5, 5.41) is 12.8. The minimum atomic E-state index is -0.147. The molecule has 2 aromatic heterocycles. The summed E-state index contributed by atoms with van der Waals surface area (Å²) in [5.41, 5.74) is 9.76. The number of thiazole rings is 1. The Balaban J connectivity index is 1.22. The number of amides is 1. The van der Waals surface area contributed by atoms with Gasteiger partial charge in [-0.15, -0.1) is 11.3 Å². The molecule has 0 atom stereocenters. The van der Waals surface area contributed by atoms with Crippen LogP contribution in [-0.4, -0.2) is 27.8 Å². The smallest absolute Gasteiger partial charge is 0.257 e. The molecule has 196 valence electrons. The number of aromatic nitrogens is 3. The first-order valence-electron chi connectivity index (χ1n) is 12.6. The Kier molecular flexibility index (Phi) is 6.73. The summed E-state index contributed by atoms with van der Waals surface area (Å²) in [5.74, 6) is 1.13. The largest absolute Gasteiger partial charge is 0.493 e. The summed E-state index contributed by atoms with van der Waals surface area (Å²) in [4.78, 5) is 17.4. The summed E-state index contributed by atoms with van der Waals surface area (Å²) in [6.45, 7) is 3.18. The quantitative estimate of drug-likeness (QED) is 0.236. The predicted octanol–water partition coefficient (Wildman–Crippen LogP) is 6.45. The van der Waals surface area contributed by atoms with Gasteiger partial charge in [-0.05, 0) is 72.0 Å². The number of methoxy groups -OCH3 is 1. The number of nitrogens with one attached hydrogen (secondary N) is 2. The van der Waals surface area contributed by atoms with Crippen molar-refractivity contribution >= 4 is 34.3 Å². The first kappa shape index (κ1) is 24.7. The minimum absolute atomic E-state index is 0.147. The third-order valence-corrected chi connectivity index (χ3v) is 7.25. The number of hydrogen-bond acceptors (Lipinski definition) is 7. The van der Waals surface area contributed by atoms with E-state index in [0.717, 1.165) is 58.0 Å². The Bertz CT molecular complexity index is 1640. The van der Waals surface area contributed by atoms with Gasteiger partial charge in [0.2, 0.25) is 0 Å². The highest BCUT2D eigenvalue weighted by Gasteiger charge is 2.20. The Hall–Kier alpha value is -4.63. The van der Waals surface area contributed by atoms with Crippen LogP contribution in [0.15, 0.2) is 77.9 Å². The van der Waals surface area contributed by atoms with Crippen molar-refractivity contribution in [2.45, 2.75) is 26.5 Å². The lowest BCUT2D eigenvalue weighted by Crippen LogP contribution is -2.11. The molecule has 0 saturated carbocycles. The van der Waals surface area contributed by atoms with Crippen molar-refractivity contribution in [3.63, 3.8) is 0 Å². The normalized spacial score (nSPS) is 12.1. The maximum absolute atomic E-state index is 13.1. The molecule has 5 aromatic rings. The van der Waals surface area contributed by atoms with E-state index in [1.54, 1.807) is 12.6 Å². The third kappa shape index (κ3) is 5.35. The molecule has 0 saturated heterocycles. The van der Waals surface area contributed by atoms with Crippen molar-refractivity contribution in [3.8, 4) is 22.6 Å². The fraction of sp³-hybridized carbons (Fsp3) is 0.167. The van der Waals surface area contributed by atoms with E-state index in [1.807, 2.05) is 77.9 Å². The molecular weight excluding hydrogens is 510 g/mol. The second-order valence-corrected chi connectivity index (χ2v) is 10.1. The van der Waals surface area contributed by atoms with Crippen LogP contribution in [-0.2, 0) is 19.6 Å². The van der Waals surface area contributed by atoms with Gasteiger partial charge in [0.05, 0.1) is 47.1 Å². The number of carbonyl (C=O) groups excluding carboxylic acids is 1. The van der Waals surface area contributed by atoms with Gasteiger partial charge in [0.25, 0.3) is 5.91 Å². The maximum Gasteiger partial charge on any atom is 0.257 e. The Morgan fingerprint density at radius 2 is 1.82 bits per heavy atom. The summed E-state index contributed by atoms with van der Waals surface area (Å²) in [6.07, 6.45) is 4.70. The molecule has 3 heterocycles. The standard InChI is InChI=1S/C30H27N5O3S/c1-19-14-32-35(15-19)10-9-20-3-7-25-27(11-20)34-30(36)24-6-4-21(12-26(24)33-25)22-5-8-28(29(13-22)37-2)38-16-23-17-39-18-31-23/h3-8,11-15,17-18,33H,9-10,16H2,1-2H3,(H,34,36). The van der Waals surface area contributed by atoms with Crippen molar-refractivity contribution in [2.75, 3.05) is 17.7 Å². The molecule has 39 heavy (non-hydrogen) atoms. The van der Waals surface area contributed by atoms with Crippen LogP contribution in [0.3, 0.4) is 0 Å². The van der Waals surface area contributed by atoms with Crippen LogP contribution in [0.2, 0.25) is 0 Å². The van der Waals surface area contributed by atoms with E-state index in [1.165, 1.54) is 11.3 Å². The number of aryl methyl sites for hydroxylation is 3. The lowest BCUT2D eigenvalue weighted by Gasteiger charge is -2.14. The third-order valence-electron chi connectivity index (χ3n) is 6.61. The van der Waals surface area contributed by atoms with Gasteiger partial charge in [0, 0.05) is 18.1 Å². The molecule has 3 aromatic carbocycles. The topological polar surface area (TPSA) is 90.3 Å². The molecule has 1 amide bonds. The SMILES string of the molecule is COc1cc(-c2ccc3c(c2)Nc2ccc(CCn4cc(C)cn4)cc2NC3=O)ccc1OCc1cscn1. The van der Waals surface area contributed by atoms with E-state index in [2.05, 4.69) is 26.8 Å². The van der Waals surface area contributed by atoms with Crippen LogP contribution in [0.5, 0.6) is 11.5 Å². The van der Waals surface area contributed by atoms with E-state index in [-0.39, 0.29) is 5.91 Å². The van der Waals surface area contributed by atoms with Gasteiger partial charge < -0.3 is 20.1 Å². The molecule has 0 fully saturated rings. The molecule has 0 radical (unpaired) electrons. The summed E-state index contributed by atoms with van der Waals surface area (Å²) < 4.78 is 13.5. The van der Waals surface area contributed by atoms with Gasteiger partial charge in [-0.1, -0.05) is 18.2 Å². The van der Waals surface area contributed by atoms with Crippen molar-refractivity contribution in [2.24, 2.45) is 0 Å². The average Bonchev–Trinajstić information content (AvgIpc) is 3.60. The molecule has 0 spiro atoms. The molecule has 2 N–H and O–H groups in total. The minimum Gasteiger partial charge on any atom is -0.493 e. The van der Waals surface area contributed by atoms with Gasteiger partial charge in [-0.25, -0.2) is 4.98 Å². The predicted molar refractivity (Wildman–Crippen MR) is 153 cm³/mol. The van der Waals surface area contributed by atoms with Gasteiger partial charge >= 0.3 is 0 Å². The van der Waals surface area contributed by atoms with Crippen LogP contribution in [0, 0.1) is 6.92 Å². The molecule has 6 rings (SSSR count). The number of fused-ring (bicyclic) bond motifs is 2. The highest BCUT2D eigenvalue weighted by Crippen LogP contribution is 2.37. The molecule has 9 heteroatoms. The summed E-state index contributed by atoms with van der Waals surface area (Å²) in [6, 6.07) is 17.7. The molecule has 1 aliphatic heterocycles. The van der Waals surface area contributed by atoms with E-state index in [0.29, 0.717) is 23.7 Å². The maximum atomic E-state index is 13.1. The molecule has 8 nitrogen and oxygen atoms in total. The number of hydrogen-bond donors (Lipinski definition) is 2. The first-order valence-corrected chi connectivity index (χ1v) is 13.5. The number of ether oxygens (including phenoxy) is 2. The van der Waals surface area contributed by atoms with E-state index < -0.39 is 0 Å². The van der Waals surface area contributed by atoms with Gasteiger partial charge in [0.15, 0.2) is 11.5 Å². The number of nitrogens with zero attached hydrogens (tertiary/aromatic N) is 3. The van der Waals surface area contributed by atoms with Crippen molar-refractivity contribution < 1.29 is 14.3 Å². The number of anilines is 3. The highest BCUT2D eigenvalue weighted by molar-refractivity contribution is 7.07. The summed E-state index contributed by atoms with van der Waals surface area (Å²) in [7, 11) is 1.62. The van der Waals surface area contributed by atoms with E-state index in [9.17, 15) is 4.79 Å². The number of benzene rings is 3.